The van der Waals surface area contributed by atoms with Gasteiger partial charge in [-0.3, -0.25) is 14.7 Å². The minimum Gasteiger partial charge on any atom is -0.378 e. The predicted molar refractivity (Wildman–Crippen MR) is 96.7 cm³/mol. The minimum absolute atomic E-state index is 0.0210. The van der Waals surface area contributed by atoms with Gasteiger partial charge in [0.15, 0.2) is 5.78 Å². The third kappa shape index (κ3) is 3.82. The highest BCUT2D eigenvalue weighted by Gasteiger charge is 2.43. The smallest absolute Gasteiger partial charge is 0.378 e. The molecule has 0 radical (unpaired) electrons. The molecule has 148 valence electrons. The quantitative estimate of drug-likeness (QED) is 0.741. The van der Waals surface area contributed by atoms with E-state index in [1.807, 2.05) is 18.2 Å². The molecule has 2 bridgehead atoms. The van der Waals surface area contributed by atoms with E-state index in [4.69, 9.17) is 4.74 Å². The number of carbonyl (C=O) groups excluding carboxylic acids is 1. The molecule has 1 aromatic carbocycles. The predicted octanol–water partition coefficient (Wildman–Crippen LogP) is 3.96. The van der Waals surface area contributed by atoms with E-state index in [0.717, 1.165) is 25.0 Å². The van der Waals surface area contributed by atoms with Gasteiger partial charge in [0, 0.05) is 42.5 Å². The maximum Gasteiger partial charge on any atom is 0.417 e. The van der Waals surface area contributed by atoms with Crippen molar-refractivity contribution in [2.75, 3.05) is 13.2 Å². The second-order valence-electron chi connectivity index (χ2n) is 7.45. The summed E-state index contributed by atoms with van der Waals surface area (Å²) in [6, 6.07) is 11.0. The second kappa shape index (κ2) is 7.64. The van der Waals surface area contributed by atoms with Crippen molar-refractivity contribution in [3.63, 3.8) is 0 Å². The molecule has 0 saturated carbocycles. The van der Waals surface area contributed by atoms with E-state index in [0.29, 0.717) is 26.1 Å². The summed E-state index contributed by atoms with van der Waals surface area (Å²) in [7, 11) is 0. The molecule has 2 aliphatic heterocycles. The fourth-order valence-corrected chi connectivity index (χ4v) is 4.31. The molecule has 7 heteroatoms. The van der Waals surface area contributed by atoms with Crippen LogP contribution in [0.5, 0.6) is 0 Å². The Morgan fingerprint density at radius 3 is 2.43 bits per heavy atom. The van der Waals surface area contributed by atoms with E-state index in [9.17, 15) is 18.0 Å². The van der Waals surface area contributed by atoms with Crippen molar-refractivity contribution in [3.8, 4) is 0 Å². The van der Waals surface area contributed by atoms with Crippen LogP contribution < -0.4 is 0 Å². The second-order valence-corrected chi connectivity index (χ2v) is 7.45. The number of alkyl halides is 3. The van der Waals surface area contributed by atoms with E-state index < -0.39 is 23.4 Å². The van der Waals surface area contributed by atoms with Crippen LogP contribution in [-0.2, 0) is 17.5 Å². The Hall–Kier alpha value is -2.25. The Bertz CT molecular complexity index is 827. The third-order valence-electron chi connectivity index (χ3n) is 5.64. The topological polar surface area (TPSA) is 42.4 Å². The molecule has 4 nitrogen and oxygen atoms in total. The Labute approximate surface area is 161 Å². The number of ether oxygens (including phenoxy) is 1. The lowest BCUT2D eigenvalue weighted by molar-refractivity contribution is -0.138. The SMILES string of the molecule is O=C(c1cnccc1C(F)(F)F)C1CC2COCC(C1)N2Cc1ccccc1. The number of Topliss-reactive ketones (excluding diaryl/α,β-unsaturated/α-hetero) is 1. The van der Waals surface area contributed by atoms with Crippen molar-refractivity contribution in [1.82, 2.24) is 9.88 Å². The van der Waals surface area contributed by atoms with Gasteiger partial charge in [-0.15, -0.1) is 0 Å². The van der Waals surface area contributed by atoms with Crippen molar-refractivity contribution in [2.45, 2.75) is 37.6 Å². The summed E-state index contributed by atoms with van der Waals surface area (Å²) in [5.74, 6) is -0.909. The molecule has 4 rings (SSSR count). The van der Waals surface area contributed by atoms with Crippen LogP contribution in [0.3, 0.4) is 0 Å². The van der Waals surface area contributed by atoms with Gasteiger partial charge in [-0.2, -0.15) is 13.2 Å². The van der Waals surface area contributed by atoms with Crippen LogP contribution in [0.2, 0.25) is 0 Å². The van der Waals surface area contributed by atoms with Crippen LogP contribution in [-0.4, -0.2) is 41.0 Å². The zero-order valence-corrected chi connectivity index (χ0v) is 15.2. The number of carbonyl (C=O) groups is 1. The van der Waals surface area contributed by atoms with Gasteiger partial charge in [-0.1, -0.05) is 30.3 Å². The average Bonchev–Trinajstić information content (AvgIpc) is 2.67. The average molecular weight is 390 g/mol. The Morgan fingerprint density at radius 1 is 1.11 bits per heavy atom. The maximum atomic E-state index is 13.3. The number of halogens is 3. The number of benzene rings is 1. The summed E-state index contributed by atoms with van der Waals surface area (Å²) in [6.07, 6.45) is -1.46. The molecule has 0 N–H and O–H groups in total. The third-order valence-corrected chi connectivity index (χ3v) is 5.64. The molecule has 2 atom stereocenters. The fourth-order valence-electron chi connectivity index (χ4n) is 4.31. The zero-order chi connectivity index (χ0) is 19.7. The van der Waals surface area contributed by atoms with Crippen molar-refractivity contribution in [1.29, 1.82) is 0 Å². The van der Waals surface area contributed by atoms with Gasteiger partial charge < -0.3 is 4.74 Å². The van der Waals surface area contributed by atoms with Gasteiger partial charge in [0.2, 0.25) is 0 Å². The molecule has 2 saturated heterocycles. The number of hydrogen-bond acceptors (Lipinski definition) is 4. The van der Waals surface area contributed by atoms with Gasteiger partial charge >= 0.3 is 6.18 Å². The fraction of sp³-hybridized carbons (Fsp3) is 0.429. The van der Waals surface area contributed by atoms with Crippen molar-refractivity contribution in [2.24, 2.45) is 5.92 Å². The van der Waals surface area contributed by atoms with Gasteiger partial charge in [-0.25, -0.2) is 0 Å². The maximum absolute atomic E-state index is 13.3. The molecule has 1 aromatic heterocycles. The highest BCUT2D eigenvalue weighted by Crippen LogP contribution is 2.37. The number of hydrogen-bond donors (Lipinski definition) is 0. The highest BCUT2D eigenvalue weighted by molar-refractivity contribution is 5.99. The van der Waals surface area contributed by atoms with Crippen molar-refractivity contribution in [3.05, 3.63) is 65.5 Å². The summed E-state index contributed by atoms with van der Waals surface area (Å²) < 4.78 is 45.6. The van der Waals surface area contributed by atoms with Crippen LogP contribution in [0, 0.1) is 5.92 Å². The summed E-state index contributed by atoms with van der Waals surface area (Å²) in [4.78, 5) is 19.1. The first-order chi connectivity index (χ1) is 13.4. The first-order valence-electron chi connectivity index (χ1n) is 9.36. The van der Waals surface area contributed by atoms with E-state index in [1.165, 1.54) is 5.56 Å². The first-order valence-corrected chi connectivity index (χ1v) is 9.36. The Morgan fingerprint density at radius 2 is 1.79 bits per heavy atom. The van der Waals surface area contributed by atoms with Crippen LogP contribution in [0.25, 0.3) is 0 Å². The lowest BCUT2D eigenvalue weighted by Crippen LogP contribution is -2.57. The number of fused-ring (bicyclic) bond motifs is 2. The largest absolute Gasteiger partial charge is 0.417 e. The van der Waals surface area contributed by atoms with Crippen molar-refractivity contribution >= 4 is 5.78 Å². The number of aromatic nitrogens is 1. The van der Waals surface area contributed by atoms with Gasteiger partial charge in [0.1, 0.15) is 0 Å². The summed E-state index contributed by atoms with van der Waals surface area (Å²) in [5.41, 5.74) is -0.0491. The molecule has 0 amide bonds. The monoisotopic (exact) mass is 390 g/mol. The van der Waals surface area contributed by atoms with E-state index in [1.54, 1.807) is 0 Å². The summed E-state index contributed by atoms with van der Waals surface area (Å²) in [5, 5.41) is 0. The molecule has 0 aliphatic carbocycles. The van der Waals surface area contributed by atoms with Gasteiger partial charge in [0.05, 0.1) is 18.8 Å². The summed E-state index contributed by atoms with van der Waals surface area (Å²) in [6.45, 7) is 1.74. The Kier molecular flexibility index (Phi) is 5.21. The molecule has 2 unspecified atom stereocenters. The zero-order valence-electron chi connectivity index (χ0n) is 15.2. The molecular weight excluding hydrogens is 369 g/mol. The number of rotatable bonds is 4. The van der Waals surface area contributed by atoms with Crippen LogP contribution in [0.1, 0.15) is 34.3 Å². The van der Waals surface area contributed by atoms with Crippen LogP contribution in [0.4, 0.5) is 13.2 Å². The molecule has 2 fully saturated rings. The lowest BCUT2D eigenvalue weighted by atomic mass is 9.80. The number of pyridine rings is 1. The molecule has 28 heavy (non-hydrogen) atoms. The number of ketones is 1. The first kappa shape index (κ1) is 19.1. The van der Waals surface area contributed by atoms with Gasteiger partial charge in [-0.05, 0) is 24.5 Å². The van der Waals surface area contributed by atoms with Crippen molar-refractivity contribution < 1.29 is 22.7 Å². The molecule has 0 spiro atoms. The van der Waals surface area contributed by atoms with E-state index in [2.05, 4.69) is 22.0 Å². The molecule has 2 aromatic rings. The normalized spacial score (nSPS) is 25.5. The van der Waals surface area contributed by atoms with Crippen LogP contribution in [0.15, 0.2) is 48.8 Å². The van der Waals surface area contributed by atoms with E-state index in [-0.39, 0.29) is 17.6 Å². The number of piperidine rings is 1. The summed E-state index contributed by atoms with van der Waals surface area (Å²) >= 11 is 0. The molecule has 2 aliphatic rings. The lowest BCUT2D eigenvalue weighted by Gasteiger charge is -2.48. The number of nitrogens with zero attached hydrogens (tertiary/aromatic N) is 2. The molecule has 3 heterocycles. The minimum atomic E-state index is -4.57. The number of morpholine rings is 1. The van der Waals surface area contributed by atoms with Crippen LogP contribution >= 0.6 is 0 Å². The van der Waals surface area contributed by atoms with Gasteiger partial charge in [0.25, 0.3) is 0 Å². The Balaban J connectivity index is 1.54. The van der Waals surface area contributed by atoms with E-state index >= 15 is 0 Å². The highest BCUT2D eigenvalue weighted by atomic mass is 19.4. The molecular formula is C21H21F3N2O2. The standard InChI is InChI=1S/C21H21F3N2O2/c22-21(23,24)19-6-7-25-10-18(19)20(27)15-8-16-12-28-13-17(9-15)26(16)11-14-4-2-1-3-5-14/h1-7,10,15-17H,8-9,11-13H2.